The van der Waals surface area contributed by atoms with Gasteiger partial charge in [-0.25, -0.2) is 14.6 Å². The van der Waals surface area contributed by atoms with Crippen LogP contribution in [-0.2, 0) is 6.54 Å². The Kier molecular flexibility index (Phi) is 3.95. The van der Waals surface area contributed by atoms with Crippen LogP contribution >= 0.6 is 0 Å². The molecule has 22 heavy (non-hydrogen) atoms. The molecule has 0 bridgehead atoms. The zero-order chi connectivity index (χ0) is 16.4. The molecule has 0 spiro atoms. The van der Waals surface area contributed by atoms with Gasteiger partial charge in [0.2, 0.25) is 11.9 Å². The van der Waals surface area contributed by atoms with Crippen molar-refractivity contribution in [1.29, 1.82) is 0 Å². The van der Waals surface area contributed by atoms with Gasteiger partial charge >= 0.3 is 11.9 Å². The lowest BCUT2D eigenvalue weighted by Gasteiger charge is -2.30. The third-order valence-electron chi connectivity index (χ3n) is 3.07. The molecule has 0 saturated carbocycles. The molecular formula is C12H14N6O4. The first-order valence-electron chi connectivity index (χ1n) is 6.09. The van der Waals surface area contributed by atoms with Crippen LogP contribution in [0.2, 0.25) is 0 Å². The van der Waals surface area contributed by atoms with Gasteiger partial charge in [-0.05, 0) is 12.1 Å². The average molecular weight is 306 g/mol. The maximum absolute atomic E-state index is 11.3. The summed E-state index contributed by atoms with van der Waals surface area (Å²) in [6, 6.07) is 3.94. The van der Waals surface area contributed by atoms with Gasteiger partial charge in [-0.2, -0.15) is 4.99 Å². The summed E-state index contributed by atoms with van der Waals surface area (Å²) >= 11 is 0. The van der Waals surface area contributed by atoms with Gasteiger partial charge in [0.05, 0.1) is 17.7 Å². The van der Waals surface area contributed by atoms with Crippen LogP contribution in [0.4, 0.5) is 0 Å². The fourth-order valence-electron chi connectivity index (χ4n) is 2.05. The highest BCUT2D eigenvalue weighted by Gasteiger charge is 2.26. The number of benzene rings is 1. The van der Waals surface area contributed by atoms with Gasteiger partial charge < -0.3 is 26.6 Å². The number of hydrogen-bond donors (Lipinski definition) is 5. The molecular weight excluding hydrogens is 292 g/mol. The van der Waals surface area contributed by atoms with Crippen molar-refractivity contribution in [3.05, 3.63) is 34.9 Å². The number of carbonyl (C=O) groups is 2. The van der Waals surface area contributed by atoms with Gasteiger partial charge in [0, 0.05) is 5.56 Å². The van der Waals surface area contributed by atoms with Crippen LogP contribution in [0.1, 0.15) is 26.3 Å². The molecule has 1 unspecified atom stereocenters. The highest BCUT2D eigenvalue weighted by atomic mass is 16.4. The van der Waals surface area contributed by atoms with Gasteiger partial charge in [-0.1, -0.05) is 6.07 Å². The van der Waals surface area contributed by atoms with Crippen molar-refractivity contribution in [2.45, 2.75) is 12.8 Å². The summed E-state index contributed by atoms with van der Waals surface area (Å²) < 4.78 is 0. The lowest BCUT2D eigenvalue weighted by Crippen LogP contribution is -2.51. The van der Waals surface area contributed by atoms with E-state index in [9.17, 15) is 19.8 Å². The number of aromatic carboxylic acids is 2. The van der Waals surface area contributed by atoms with Gasteiger partial charge in [0.1, 0.15) is 0 Å². The molecule has 8 N–H and O–H groups in total. The van der Waals surface area contributed by atoms with Crippen LogP contribution < -0.4 is 17.2 Å². The lowest BCUT2D eigenvalue weighted by atomic mass is 10.0. The van der Waals surface area contributed by atoms with Crippen molar-refractivity contribution in [2.24, 2.45) is 27.2 Å². The molecule has 1 heterocycles. The van der Waals surface area contributed by atoms with E-state index >= 15 is 0 Å². The van der Waals surface area contributed by atoms with E-state index in [0.29, 0.717) is 0 Å². The normalized spacial score (nSPS) is 17.7. The van der Waals surface area contributed by atoms with E-state index in [2.05, 4.69) is 9.98 Å². The first-order chi connectivity index (χ1) is 10.3. The van der Waals surface area contributed by atoms with E-state index in [4.69, 9.17) is 17.2 Å². The second kappa shape index (κ2) is 5.69. The van der Waals surface area contributed by atoms with Crippen molar-refractivity contribution in [3.63, 3.8) is 0 Å². The van der Waals surface area contributed by atoms with Crippen LogP contribution in [0.15, 0.2) is 28.2 Å². The summed E-state index contributed by atoms with van der Waals surface area (Å²) in [4.78, 5) is 31.4. The molecule has 0 amide bonds. The number of hydrogen-bond acceptors (Lipinski definition) is 8. The average Bonchev–Trinajstić information content (AvgIpc) is 2.42. The molecule has 0 saturated heterocycles. The van der Waals surface area contributed by atoms with E-state index in [1.807, 2.05) is 0 Å². The summed E-state index contributed by atoms with van der Waals surface area (Å²) in [5.74, 6) is -2.70. The Bertz CT molecular complexity index is 667. The Morgan fingerprint density at radius 2 is 1.73 bits per heavy atom. The highest BCUT2D eigenvalue weighted by molar-refractivity contribution is 5.98. The van der Waals surface area contributed by atoms with Crippen molar-refractivity contribution < 1.29 is 19.8 Å². The third-order valence-corrected chi connectivity index (χ3v) is 3.07. The maximum atomic E-state index is 11.3. The molecule has 116 valence electrons. The van der Waals surface area contributed by atoms with Gasteiger partial charge in [0.15, 0.2) is 6.29 Å². The molecule has 10 nitrogen and oxygen atoms in total. The van der Waals surface area contributed by atoms with Crippen LogP contribution in [0, 0.1) is 0 Å². The molecule has 0 fully saturated rings. The second-order valence-corrected chi connectivity index (χ2v) is 4.44. The number of aliphatic imine (C=N–C) groups is 2. The quantitative estimate of drug-likeness (QED) is 0.458. The number of carboxylic acids is 2. The Balaban J connectivity index is 2.47. The highest BCUT2D eigenvalue weighted by Crippen LogP contribution is 2.19. The third kappa shape index (κ3) is 2.81. The van der Waals surface area contributed by atoms with Crippen molar-refractivity contribution >= 4 is 23.9 Å². The van der Waals surface area contributed by atoms with Crippen LogP contribution in [0.3, 0.4) is 0 Å². The zero-order valence-electron chi connectivity index (χ0n) is 11.3. The summed E-state index contributed by atoms with van der Waals surface area (Å²) in [5.41, 5.74) is 16.6. The predicted molar refractivity (Wildman–Crippen MR) is 77.1 cm³/mol. The summed E-state index contributed by atoms with van der Waals surface area (Å²) in [7, 11) is 0. The predicted octanol–water partition coefficient (Wildman–Crippen LogP) is -1.23. The smallest absolute Gasteiger partial charge is 0.336 e. The monoisotopic (exact) mass is 306 g/mol. The first-order valence-corrected chi connectivity index (χ1v) is 6.09. The zero-order valence-corrected chi connectivity index (χ0v) is 11.3. The Morgan fingerprint density at radius 3 is 2.18 bits per heavy atom. The summed E-state index contributed by atoms with van der Waals surface area (Å²) in [5, 5.41) is 18.4. The maximum Gasteiger partial charge on any atom is 0.336 e. The molecule has 0 radical (unpaired) electrons. The minimum absolute atomic E-state index is 0.0479. The van der Waals surface area contributed by atoms with Crippen LogP contribution in [0.25, 0.3) is 0 Å². The van der Waals surface area contributed by atoms with Gasteiger partial charge in [0.25, 0.3) is 0 Å². The standard InChI is InChI=1S/C12H14N6O4/c13-10-16-11(14)18(12(15)17-10)4-7-5(8(19)20)2-1-3-6(7)9(21)22/h1-3,11H,4,14H2,(H,19,20)(H,21,22)(H4,13,15,16,17). The lowest BCUT2D eigenvalue weighted by molar-refractivity contribution is 0.0693. The van der Waals surface area contributed by atoms with E-state index in [1.54, 1.807) is 0 Å². The fourth-order valence-corrected chi connectivity index (χ4v) is 2.05. The Morgan fingerprint density at radius 1 is 1.18 bits per heavy atom. The van der Waals surface area contributed by atoms with Crippen molar-refractivity contribution in [3.8, 4) is 0 Å². The Labute approximate surface area is 124 Å². The molecule has 1 aromatic rings. The van der Waals surface area contributed by atoms with E-state index in [-0.39, 0.29) is 35.2 Å². The minimum Gasteiger partial charge on any atom is -0.478 e. The number of rotatable bonds is 4. The van der Waals surface area contributed by atoms with Crippen molar-refractivity contribution in [1.82, 2.24) is 4.90 Å². The molecule has 1 aliphatic heterocycles. The molecule has 0 aliphatic carbocycles. The van der Waals surface area contributed by atoms with Crippen LogP contribution in [0.5, 0.6) is 0 Å². The first kappa shape index (κ1) is 15.3. The number of carboxylic acid groups (broad SMARTS) is 2. The molecule has 10 heteroatoms. The topological polar surface area (TPSA) is 181 Å². The molecule has 0 aromatic heterocycles. The molecule has 1 atom stereocenters. The summed E-state index contributed by atoms with van der Waals surface area (Å²) in [6.07, 6.45) is -0.985. The van der Waals surface area contributed by atoms with Gasteiger partial charge in [-0.15, -0.1) is 0 Å². The SMILES string of the molecule is NC1=NC(N)N(Cc2c(C(=O)O)cccc2C(=O)O)C(N)=N1. The molecule has 1 aliphatic rings. The molecule has 2 rings (SSSR count). The van der Waals surface area contributed by atoms with E-state index in [0.717, 1.165) is 0 Å². The minimum atomic E-state index is -1.26. The summed E-state index contributed by atoms with van der Waals surface area (Å²) in [6.45, 7) is -0.183. The number of nitrogens with zero attached hydrogens (tertiary/aromatic N) is 3. The Hall–Kier alpha value is -3.14. The van der Waals surface area contributed by atoms with Crippen LogP contribution in [-0.4, -0.2) is 45.3 Å². The molecule has 1 aromatic carbocycles. The fraction of sp³-hybridized carbons (Fsp3) is 0.167. The van der Waals surface area contributed by atoms with E-state index in [1.165, 1.54) is 23.1 Å². The number of nitrogens with two attached hydrogens (primary N) is 3. The number of guanidine groups is 2. The van der Waals surface area contributed by atoms with Gasteiger partial charge in [-0.3, -0.25) is 5.73 Å². The largest absolute Gasteiger partial charge is 0.478 e. The van der Waals surface area contributed by atoms with E-state index < -0.39 is 18.2 Å². The second-order valence-electron chi connectivity index (χ2n) is 4.44. The van der Waals surface area contributed by atoms with Crippen molar-refractivity contribution in [2.75, 3.05) is 0 Å².